The van der Waals surface area contributed by atoms with Gasteiger partial charge in [0.1, 0.15) is 5.82 Å². The van der Waals surface area contributed by atoms with E-state index in [-0.39, 0.29) is 17.9 Å². The van der Waals surface area contributed by atoms with Crippen molar-refractivity contribution in [3.8, 4) is 11.3 Å². The fraction of sp³-hybridized carbons (Fsp3) is 0.524. The Morgan fingerprint density at radius 3 is 2.63 bits per heavy atom. The second-order valence-electron chi connectivity index (χ2n) is 7.66. The molecule has 0 bridgehead atoms. The van der Waals surface area contributed by atoms with Gasteiger partial charge in [-0.1, -0.05) is 50.6 Å². The standard InChI is InChI=1S/C21H31N5O/c1-15(2)19-20-24-18(16-8-4-3-5-9-16)14-25(20)12-13-26(19)21(27)17(23)10-6-7-11-22/h3-5,8-9,14-15,17,19H,6-7,10-13,22-23H2,1-2H3/t17-,19+/m0/s1. The van der Waals surface area contributed by atoms with Gasteiger partial charge >= 0.3 is 0 Å². The third kappa shape index (κ3) is 4.22. The van der Waals surface area contributed by atoms with Crippen LogP contribution in [0.25, 0.3) is 11.3 Å². The minimum Gasteiger partial charge on any atom is -0.331 e. The van der Waals surface area contributed by atoms with Crippen LogP contribution in [0.4, 0.5) is 0 Å². The first-order chi connectivity index (χ1) is 13.0. The maximum Gasteiger partial charge on any atom is 0.240 e. The number of imidazole rings is 1. The largest absolute Gasteiger partial charge is 0.331 e. The number of hydrogen-bond acceptors (Lipinski definition) is 4. The number of carbonyl (C=O) groups is 1. The van der Waals surface area contributed by atoms with Gasteiger partial charge in [0.05, 0.1) is 17.8 Å². The summed E-state index contributed by atoms with van der Waals surface area (Å²) < 4.78 is 2.19. The Balaban J connectivity index is 1.84. The smallest absolute Gasteiger partial charge is 0.240 e. The maximum absolute atomic E-state index is 13.0. The van der Waals surface area contributed by atoms with Crippen molar-refractivity contribution in [3.05, 3.63) is 42.4 Å². The molecule has 4 N–H and O–H groups in total. The molecule has 0 fully saturated rings. The number of rotatable bonds is 7. The van der Waals surface area contributed by atoms with E-state index in [0.717, 1.165) is 36.5 Å². The summed E-state index contributed by atoms with van der Waals surface area (Å²) >= 11 is 0. The van der Waals surface area contributed by atoms with E-state index in [1.165, 1.54) is 0 Å². The number of nitrogens with zero attached hydrogens (tertiary/aromatic N) is 3. The quantitative estimate of drug-likeness (QED) is 0.734. The first-order valence-electron chi connectivity index (χ1n) is 9.91. The van der Waals surface area contributed by atoms with E-state index in [1.807, 2.05) is 23.1 Å². The van der Waals surface area contributed by atoms with Gasteiger partial charge in [0.25, 0.3) is 0 Å². The van der Waals surface area contributed by atoms with E-state index < -0.39 is 6.04 Å². The molecule has 1 aliphatic heterocycles. The summed E-state index contributed by atoms with van der Waals surface area (Å²) in [5.41, 5.74) is 13.8. The predicted octanol–water partition coefficient (Wildman–Crippen LogP) is 2.55. The molecule has 1 amide bonds. The van der Waals surface area contributed by atoms with Crippen LogP contribution in [0.15, 0.2) is 36.5 Å². The number of unbranched alkanes of at least 4 members (excludes halogenated alkanes) is 1. The lowest BCUT2D eigenvalue weighted by molar-refractivity contribution is -0.137. The second kappa shape index (κ2) is 8.67. The first-order valence-corrected chi connectivity index (χ1v) is 9.91. The number of nitrogens with two attached hydrogens (primary N) is 2. The summed E-state index contributed by atoms with van der Waals surface area (Å²) in [6.07, 6.45) is 4.57. The molecule has 1 aromatic carbocycles. The molecule has 146 valence electrons. The Morgan fingerprint density at radius 2 is 1.96 bits per heavy atom. The van der Waals surface area contributed by atoms with E-state index in [9.17, 15) is 4.79 Å². The fourth-order valence-electron chi connectivity index (χ4n) is 3.84. The van der Waals surface area contributed by atoms with Crippen LogP contribution >= 0.6 is 0 Å². The van der Waals surface area contributed by atoms with Gasteiger partial charge in [-0.25, -0.2) is 4.98 Å². The molecule has 2 aromatic rings. The van der Waals surface area contributed by atoms with E-state index in [0.29, 0.717) is 19.5 Å². The monoisotopic (exact) mass is 369 g/mol. The molecule has 0 radical (unpaired) electrons. The Morgan fingerprint density at radius 1 is 1.22 bits per heavy atom. The molecule has 0 unspecified atom stereocenters. The first kappa shape index (κ1) is 19.6. The molecular formula is C21H31N5O. The van der Waals surface area contributed by atoms with E-state index in [4.69, 9.17) is 16.5 Å². The Labute approximate surface area is 161 Å². The average Bonchev–Trinajstić information content (AvgIpc) is 3.11. The third-order valence-electron chi connectivity index (χ3n) is 5.26. The summed E-state index contributed by atoms with van der Waals surface area (Å²) in [6, 6.07) is 9.65. The summed E-state index contributed by atoms with van der Waals surface area (Å²) in [7, 11) is 0. The Hall–Kier alpha value is -2.18. The molecule has 1 aromatic heterocycles. The predicted molar refractivity (Wildman–Crippen MR) is 108 cm³/mol. The summed E-state index contributed by atoms with van der Waals surface area (Å²) in [5, 5.41) is 0. The van der Waals surface area contributed by atoms with Crippen molar-refractivity contribution in [1.82, 2.24) is 14.5 Å². The summed E-state index contributed by atoms with van der Waals surface area (Å²) in [6.45, 7) is 6.33. The van der Waals surface area contributed by atoms with Gasteiger partial charge in [0.15, 0.2) is 0 Å². The van der Waals surface area contributed by atoms with Gasteiger partial charge in [-0.2, -0.15) is 0 Å². The molecule has 6 heteroatoms. The second-order valence-corrected chi connectivity index (χ2v) is 7.66. The number of aromatic nitrogens is 2. The van der Waals surface area contributed by atoms with Crippen LogP contribution < -0.4 is 11.5 Å². The van der Waals surface area contributed by atoms with Crippen molar-refractivity contribution in [1.29, 1.82) is 0 Å². The molecule has 27 heavy (non-hydrogen) atoms. The minimum atomic E-state index is -0.465. The lowest BCUT2D eigenvalue weighted by atomic mass is 9.98. The highest BCUT2D eigenvalue weighted by molar-refractivity contribution is 5.82. The van der Waals surface area contributed by atoms with Crippen LogP contribution in [0.2, 0.25) is 0 Å². The zero-order chi connectivity index (χ0) is 19.4. The number of fused-ring (bicyclic) bond motifs is 1. The maximum atomic E-state index is 13.0. The molecule has 0 saturated heterocycles. The van der Waals surface area contributed by atoms with E-state index in [2.05, 4.69) is 36.7 Å². The van der Waals surface area contributed by atoms with Gasteiger partial charge in [-0.05, 0) is 25.3 Å². The zero-order valence-electron chi connectivity index (χ0n) is 16.3. The van der Waals surface area contributed by atoms with Crippen LogP contribution in [-0.4, -0.2) is 39.5 Å². The molecule has 2 heterocycles. The van der Waals surface area contributed by atoms with Crippen molar-refractivity contribution in [2.24, 2.45) is 17.4 Å². The SMILES string of the molecule is CC(C)[C@@H]1c2nc(-c3ccccc3)cn2CCN1C(=O)[C@@H](N)CCCCN. The molecule has 0 aliphatic carbocycles. The molecule has 3 rings (SSSR count). The number of benzene rings is 1. The van der Waals surface area contributed by atoms with Crippen molar-refractivity contribution in [3.63, 3.8) is 0 Å². The normalized spacial score (nSPS) is 17.8. The van der Waals surface area contributed by atoms with Crippen LogP contribution in [-0.2, 0) is 11.3 Å². The van der Waals surface area contributed by atoms with Crippen molar-refractivity contribution in [2.75, 3.05) is 13.1 Å². The lowest BCUT2D eigenvalue weighted by Crippen LogP contribution is -2.50. The highest BCUT2D eigenvalue weighted by Gasteiger charge is 2.36. The summed E-state index contributed by atoms with van der Waals surface area (Å²) in [4.78, 5) is 19.9. The number of hydrogen-bond donors (Lipinski definition) is 2. The topological polar surface area (TPSA) is 90.2 Å². The van der Waals surface area contributed by atoms with Gasteiger partial charge in [-0.15, -0.1) is 0 Å². The van der Waals surface area contributed by atoms with Crippen LogP contribution in [0.5, 0.6) is 0 Å². The van der Waals surface area contributed by atoms with Crippen LogP contribution in [0, 0.1) is 5.92 Å². The van der Waals surface area contributed by atoms with Gasteiger partial charge in [0.2, 0.25) is 5.91 Å². The molecule has 0 spiro atoms. The minimum absolute atomic E-state index is 0.0289. The molecule has 6 nitrogen and oxygen atoms in total. The number of carbonyl (C=O) groups excluding carboxylic acids is 1. The third-order valence-corrected chi connectivity index (χ3v) is 5.26. The average molecular weight is 370 g/mol. The molecule has 1 aliphatic rings. The highest BCUT2D eigenvalue weighted by Crippen LogP contribution is 2.34. The van der Waals surface area contributed by atoms with Gasteiger partial charge in [-0.3, -0.25) is 4.79 Å². The molecule has 0 saturated carbocycles. The van der Waals surface area contributed by atoms with Gasteiger partial charge in [0, 0.05) is 24.8 Å². The van der Waals surface area contributed by atoms with Crippen molar-refractivity contribution >= 4 is 5.91 Å². The van der Waals surface area contributed by atoms with Crippen molar-refractivity contribution < 1.29 is 4.79 Å². The zero-order valence-corrected chi connectivity index (χ0v) is 16.3. The summed E-state index contributed by atoms with van der Waals surface area (Å²) in [5.74, 6) is 1.24. The molecular weight excluding hydrogens is 338 g/mol. The fourth-order valence-corrected chi connectivity index (χ4v) is 3.84. The van der Waals surface area contributed by atoms with Gasteiger partial charge < -0.3 is 20.9 Å². The Kier molecular flexibility index (Phi) is 6.29. The van der Waals surface area contributed by atoms with E-state index >= 15 is 0 Å². The molecule has 2 atom stereocenters. The van der Waals surface area contributed by atoms with Crippen LogP contribution in [0.3, 0.4) is 0 Å². The Bertz CT molecular complexity index is 755. The van der Waals surface area contributed by atoms with Crippen molar-refractivity contribution in [2.45, 2.75) is 51.7 Å². The lowest BCUT2D eigenvalue weighted by Gasteiger charge is -2.39. The number of amides is 1. The highest BCUT2D eigenvalue weighted by atomic mass is 16.2. The van der Waals surface area contributed by atoms with E-state index in [1.54, 1.807) is 0 Å². The van der Waals surface area contributed by atoms with Crippen LogP contribution in [0.1, 0.15) is 45.0 Å².